The molecule has 3 N–H and O–H groups in total. The largest absolute Gasteiger partial charge is 0.391 e. The zero-order chi connectivity index (χ0) is 15.5. The third kappa shape index (κ3) is 3.95. The Bertz CT molecular complexity index is 496. The van der Waals surface area contributed by atoms with E-state index < -0.39 is 18.0 Å². The van der Waals surface area contributed by atoms with Crippen molar-refractivity contribution in [1.29, 1.82) is 0 Å². The molecule has 0 bridgehead atoms. The Morgan fingerprint density at radius 3 is 2.48 bits per heavy atom. The first-order chi connectivity index (χ1) is 9.91. The minimum absolute atomic E-state index is 0.106. The quantitative estimate of drug-likeness (QED) is 0.510. The zero-order valence-electron chi connectivity index (χ0n) is 11.5. The van der Waals surface area contributed by atoms with Gasteiger partial charge in [-0.2, -0.15) is 13.2 Å². The molecule has 1 aromatic carbocycles. The average molecular weight is 301 g/mol. The van der Waals surface area contributed by atoms with Crippen molar-refractivity contribution in [3.8, 4) is 0 Å². The van der Waals surface area contributed by atoms with E-state index in [0.717, 1.165) is 5.56 Å². The van der Waals surface area contributed by atoms with E-state index in [4.69, 9.17) is 5.84 Å². The van der Waals surface area contributed by atoms with Gasteiger partial charge in [0.25, 0.3) is 5.91 Å². The Balaban J connectivity index is 2.00. The summed E-state index contributed by atoms with van der Waals surface area (Å²) < 4.78 is 37.9. The molecule has 0 spiro atoms. The minimum Gasteiger partial charge on any atom is -0.299 e. The predicted molar refractivity (Wildman–Crippen MR) is 72.2 cm³/mol. The molecule has 1 aliphatic heterocycles. The Kier molecular flexibility index (Phi) is 4.84. The topological polar surface area (TPSA) is 58.4 Å². The first-order valence-corrected chi connectivity index (χ1v) is 6.79. The molecule has 0 unspecified atom stereocenters. The standard InChI is InChI=1S/C14H18F3N3O/c15-14(16,17)11-5-7-20(8-6-11)9-10-3-1-2-4-12(10)13(21)19-18/h1-4,11H,5-9,18H2,(H,19,21). The number of likely N-dealkylation sites (tertiary alicyclic amines) is 1. The zero-order valence-corrected chi connectivity index (χ0v) is 11.5. The summed E-state index contributed by atoms with van der Waals surface area (Å²) in [6, 6.07) is 6.97. The molecule has 4 nitrogen and oxygen atoms in total. The summed E-state index contributed by atoms with van der Waals surface area (Å²) in [6.07, 6.45) is -3.90. The molecule has 116 valence electrons. The normalized spacial score (nSPS) is 17.7. The highest BCUT2D eigenvalue weighted by atomic mass is 19.4. The Labute approximate surface area is 121 Å². The smallest absolute Gasteiger partial charge is 0.299 e. The number of carbonyl (C=O) groups is 1. The monoisotopic (exact) mass is 301 g/mol. The second-order valence-corrected chi connectivity index (χ2v) is 5.22. The number of hydrazine groups is 1. The van der Waals surface area contributed by atoms with Crippen molar-refractivity contribution in [1.82, 2.24) is 10.3 Å². The van der Waals surface area contributed by atoms with Gasteiger partial charge < -0.3 is 0 Å². The second-order valence-electron chi connectivity index (χ2n) is 5.22. The van der Waals surface area contributed by atoms with Gasteiger partial charge in [0.2, 0.25) is 0 Å². The van der Waals surface area contributed by atoms with Crippen molar-refractivity contribution >= 4 is 5.91 Å². The summed E-state index contributed by atoms with van der Waals surface area (Å²) in [6.45, 7) is 1.21. The van der Waals surface area contributed by atoms with Gasteiger partial charge in [0, 0.05) is 12.1 Å². The summed E-state index contributed by atoms with van der Waals surface area (Å²) in [4.78, 5) is 13.6. The summed E-state index contributed by atoms with van der Waals surface area (Å²) in [5.74, 6) is 3.53. The Hall–Kier alpha value is -1.60. The third-order valence-corrected chi connectivity index (χ3v) is 3.84. The number of hydrogen-bond donors (Lipinski definition) is 2. The maximum absolute atomic E-state index is 12.6. The van der Waals surface area contributed by atoms with E-state index in [9.17, 15) is 18.0 Å². The Morgan fingerprint density at radius 2 is 1.90 bits per heavy atom. The molecule has 2 rings (SSSR count). The molecule has 0 saturated carbocycles. The van der Waals surface area contributed by atoms with Crippen LogP contribution in [0.3, 0.4) is 0 Å². The number of carbonyl (C=O) groups excluding carboxylic acids is 1. The van der Waals surface area contributed by atoms with Crippen LogP contribution < -0.4 is 11.3 Å². The lowest BCUT2D eigenvalue weighted by molar-refractivity contribution is -0.185. The summed E-state index contributed by atoms with van der Waals surface area (Å²) in [5, 5.41) is 0. The van der Waals surface area contributed by atoms with Crippen molar-refractivity contribution < 1.29 is 18.0 Å². The molecule has 1 saturated heterocycles. The second kappa shape index (κ2) is 6.44. The van der Waals surface area contributed by atoms with Gasteiger partial charge in [-0.05, 0) is 37.6 Å². The average Bonchev–Trinajstić information content (AvgIpc) is 2.46. The fourth-order valence-corrected chi connectivity index (χ4v) is 2.62. The number of alkyl halides is 3. The van der Waals surface area contributed by atoms with E-state index in [0.29, 0.717) is 25.2 Å². The molecule has 1 amide bonds. The number of benzene rings is 1. The fourth-order valence-electron chi connectivity index (χ4n) is 2.62. The van der Waals surface area contributed by atoms with Crippen LogP contribution >= 0.6 is 0 Å². The number of rotatable bonds is 3. The highest BCUT2D eigenvalue weighted by Gasteiger charge is 2.41. The first-order valence-electron chi connectivity index (χ1n) is 6.79. The van der Waals surface area contributed by atoms with Crippen molar-refractivity contribution in [3.05, 3.63) is 35.4 Å². The van der Waals surface area contributed by atoms with Gasteiger partial charge in [0.15, 0.2) is 0 Å². The first kappa shape index (κ1) is 15.8. The van der Waals surface area contributed by atoms with E-state index >= 15 is 0 Å². The number of hydrogen-bond acceptors (Lipinski definition) is 3. The van der Waals surface area contributed by atoms with Crippen molar-refractivity contribution in [2.24, 2.45) is 11.8 Å². The van der Waals surface area contributed by atoms with E-state index in [1.165, 1.54) is 0 Å². The minimum atomic E-state index is -4.11. The van der Waals surface area contributed by atoms with E-state index in [-0.39, 0.29) is 12.8 Å². The molecule has 21 heavy (non-hydrogen) atoms. The predicted octanol–water partition coefficient (Wildman–Crippen LogP) is 2.06. The fraction of sp³-hybridized carbons (Fsp3) is 0.500. The molecule has 0 atom stereocenters. The summed E-state index contributed by atoms with van der Waals surface area (Å²) in [7, 11) is 0. The van der Waals surface area contributed by atoms with Crippen molar-refractivity contribution in [3.63, 3.8) is 0 Å². The van der Waals surface area contributed by atoms with Crippen LogP contribution in [0, 0.1) is 5.92 Å². The summed E-state index contributed by atoms with van der Waals surface area (Å²) in [5.41, 5.74) is 3.31. The lowest BCUT2D eigenvalue weighted by Gasteiger charge is -2.33. The molecule has 0 aliphatic carbocycles. The van der Waals surface area contributed by atoms with Crippen LogP contribution in [0.5, 0.6) is 0 Å². The van der Waals surface area contributed by atoms with Crippen molar-refractivity contribution in [2.45, 2.75) is 25.6 Å². The number of amides is 1. The third-order valence-electron chi connectivity index (χ3n) is 3.84. The lowest BCUT2D eigenvalue weighted by Crippen LogP contribution is -2.39. The lowest BCUT2D eigenvalue weighted by atomic mass is 9.95. The molecule has 1 fully saturated rings. The number of nitrogens with zero attached hydrogens (tertiary/aromatic N) is 1. The van der Waals surface area contributed by atoms with Crippen LogP contribution in [0.4, 0.5) is 13.2 Å². The van der Waals surface area contributed by atoms with Crippen LogP contribution in [0.1, 0.15) is 28.8 Å². The van der Waals surface area contributed by atoms with Crippen LogP contribution in [0.2, 0.25) is 0 Å². The molecule has 1 heterocycles. The summed E-state index contributed by atoms with van der Waals surface area (Å²) >= 11 is 0. The highest BCUT2D eigenvalue weighted by molar-refractivity contribution is 5.95. The number of piperidine rings is 1. The number of nitrogens with one attached hydrogen (secondary N) is 1. The number of halogens is 3. The van der Waals surface area contributed by atoms with E-state index in [1.54, 1.807) is 24.3 Å². The molecule has 0 radical (unpaired) electrons. The highest BCUT2D eigenvalue weighted by Crippen LogP contribution is 2.34. The van der Waals surface area contributed by atoms with Crippen LogP contribution in [0.15, 0.2) is 24.3 Å². The van der Waals surface area contributed by atoms with E-state index in [1.807, 2.05) is 4.90 Å². The molecule has 1 aromatic rings. The Morgan fingerprint density at radius 1 is 1.29 bits per heavy atom. The van der Waals surface area contributed by atoms with Crippen LogP contribution in [-0.2, 0) is 6.54 Å². The van der Waals surface area contributed by atoms with Gasteiger partial charge in [-0.15, -0.1) is 0 Å². The van der Waals surface area contributed by atoms with Gasteiger partial charge >= 0.3 is 6.18 Å². The molecule has 7 heteroatoms. The maximum Gasteiger partial charge on any atom is 0.391 e. The number of nitrogen functional groups attached to an aromatic ring is 1. The maximum atomic E-state index is 12.6. The van der Waals surface area contributed by atoms with Crippen molar-refractivity contribution in [2.75, 3.05) is 13.1 Å². The van der Waals surface area contributed by atoms with Gasteiger partial charge in [0.1, 0.15) is 0 Å². The van der Waals surface area contributed by atoms with Gasteiger partial charge in [-0.3, -0.25) is 15.1 Å². The molecular formula is C14H18F3N3O. The molecule has 1 aliphatic rings. The van der Waals surface area contributed by atoms with Gasteiger partial charge in [-0.25, -0.2) is 5.84 Å². The number of nitrogens with two attached hydrogens (primary N) is 1. The SMILES string of the molecule is NNC(=O)c1ccccc1CN1CCC(C(F)(F)F)CC1. The van der Waals surface area contributed by atoms with Gasteiger partial charge in [-0.1, -0.05) is 18.2 Å². The molecule has 0 aromatic heterocycles. The van der Waals surface area contributed by atoms with Gasteiger partial charge in [0.05, 0.1) is 5.92 Å². The van der Waals surface area contributed by atoms with Crippen LogP contribution in [-0.4, -0.2) is 30.1 Å². The van der Waals surface area contributed by atoms with Crippen LogP contribution in [0.25, 0.3) is 0 Å². The molecular weight excluding hydrogens is 283 g/mol. The van der Waals surface area contributed by atoms with E-state index in [2.05, 4.69) is 5.43 Å².